The number of amides is 3. The minimum Gasteiger partial charge on any atom is -0.480 e. The van der Waals surface area contributed by atoms with Crippen LogP contribution in [0.4, 0.5) is 18.0 Å². The van der Waals surface area contributed by atoms with Gasteiger partial charge in [0, 0.05) is 13.1 Å². The molecule has 1 heterocycles. The predicted octanol–water partition coefficient (Wildman–Crippen LogP) is 0.253. The standard InChI is InChI=1S/C11H16F3N3O4/c1-10(8(15)20)2-3-16(5-10)9(21)17(4-7(18)19)6-11(12,13)14/h2-6H2,1H3,(H2,15,20)(H,18,19). The van der Waals surface area contributed by atoms with Crippen LogP contribution in [0.5, 0.6) is 0 Å². The maximum atomic E-state index is 12.4. The Kier molecular flexibility index (Phi) is 4.69. The average Bonchev–Trinajstić information content (AvgIpc) is 2.69. The van der Waals surface area contributed by atoms with Crippen molar-refractivity contribution in [1.29, 1.82) is 0 Å². The Balaban J connectivity index is 2.82. The Hall–Kier alpha value is -2.00. The Morgan fingerprint density at radius 1 is 1.38 bits per heavy atom. The van der Waals surface area contributed by atoms with Gasteiger partial charge in [0.05, 0.1) is 5.41 Å². The van der Waals surface area contributed by atoms with E-state index in [-0.39, 0.29) is 24.4 Å². The van der Waals surface area contributed by atoms with Gasteiger partial charge in [0.25, 0.3) is 0 Å². The molecule has 1 atom stereocenters. The molecule has 1 rings (SSSR count). The third-order valence-electron chi connectivity index (χ3n) is 3.31. The smallest absolute Gasteiger partial charge is 0.406 e. The summed E-state index contributed by atoms with van der Waals surface area (Å²) in [6.45, 7) is -1.31. The number of hydrogen-bond acceptors (Lipinski definition) is 3. The molecule has 0 aromatic rings. The Morgan fingerprint density at radius 3 is 2.33 bits per heavy atom. The summed E-state index contributed by atoms with van der Waals surface area (Å²) in [5.41, 5.74) is 4.18. The van der Waals surface area contributed by atoms with E-state index in [0.717, 1.165) is 4.90 Å². The van der Waals surface area contributed by atoms with Crippen molar-refractivity contribution < 1.29 is 32.7 Å². The molecule has 1 aliphatic rings. The molecular formula is C11H16F3N3O4. The van der Waals surface area contributed by atoms with Crippen molar-refractivity contribution in [3.8, 4) is 0 Å². The molecule has 0 bridgehead atoms. The van der Waals surface area contributed by atoms with Gasteiger partial charge in [-0.05, 0) is 13.3 Å². The van der Waals surface area contributed by atoms with E-state index in [1.807, 2.05) is 0 Å². The normalized spacial score (nSPS) is 22.2. The van der Waals surface area contributed by atoms with Crippen LogP contribution in [0.1, 0.15) is 13.3 Å². The first-order chi connectivity index (χ1) is 9.44. The van der Waals surface area contributed by atoms with Gasteiger partial charge in [0.1, 0.15) is 13.1 Å². The van der Waals surface area contributed by atoms with Crippen molar-refractivity contribution in [2.75, 3.05) is 26.2 Å². The van der Waals surface area contributed by atoms with Crippen molar-refractivity contribution in [2.24, 2.45) is 11.1 Å². The van der Waals surface area contributed by atoms with Crippen molar-refractivity contribution in [2.45, 2.75) is 19.5 Å². The number of carbonyl (C=O) groups is 3. The first-order valence-electron chi connectivity index (χ1n) is 6.07. The highest BCUT2D eigenvalue weighted by Gasteiger charge is 2.43. The van der Waals surface area contributed by atoms with E-state index in [9.17, 15) is 27.6 Å². The third-order valence-corrected chi connectivity index (χ3v) is 3.31. The molecule has 3 amide bonds. The van der Waals surface area contributed by atoms with Crippen molar-refractivity contribution in [3.63, 3.8) is 0 Å². The van der Waals surface area contributed by atoms with Crippen LogP contribution in [0.2, 0.25) is 0 Å². The van der Waals surface area contributed by atoms with Crippen LogP contribution in [0.15, 0.2) is 0 Å². The molecular weight excluding hydrogens is 295 g/mol. The van der Waals surface area contributed by atoms with E-state index in [1.54, 1.807) is 0 Å². The Labute approximate surface area is 118 Å². The summed E-state index contributed by atoms with van der Waals surface area (Å²) in [5.74, 6) is -2.21. The number of halogens is 3. The van der Waals surface area contributed by atoms with Gasteiger partial charge in [0.15, 0.2) is 0 Å². The van der Waals surface area contributed by atoms with Gasteiger partial charge < -0.3 is 20.6 Å². The third kappa shape index (κ3) is 4.50. The van der Waals surface area contributed by atoms with Gasteiger partial charge in [-0.1, -0.05) is 0 Å². The lowest BCUT2D eigenvalue weighted by Gasteiger charge is -2.28. The molecule has 3 N–H and O–H groups in total. The van der Waals surface area contributed by atoms with Crippen LogP contribution in [0.25, 0.3) is 0 Å². The highest BCUT2D eigenvalue weighted by atomic mass is 19.4. The molecule has 1 unspecified atom stereocenters. The van der Waals surface area contributed by atoms with Gasteiger partial charge in [0.2, 0.25) is 5.91 Å². The minimum atomic E-state index is -4.71. The second-order valence-electron chi connectivity index (χ2n) is 5.24. The topological polar surface area (TPSA) is 104 Å². The molecule has 10 heteroatoms. The molecule has 21 heavy (non-hydrogen) atoms. The zero-order chi connectivity index (χ0) is 16.4. The van der Waals surface area contributed by atoms with Crippen molar-refractivity contribution in [3.05, 3.63) is 0 Å². The van der Waals surface area contributed by atoms with Crippen molar-refractivity contribution >= 4 is 17.9 Å². The van der Waals surface area contributed by atoms with Crippen molar-refractivity contribution in [1.82, 2.24) is 9.80 Å². The second kappa shape index (κ2) is 5.78. The Morgan fingerprint density at radius 2 is 1.95 bits per heavy atom. The zero-order valence-corrected chi connectivity index (χ0v) is 11.3. The van der Waals surface area contributed by atoms with E-state index in [4.69, 9.17) is 10.8 Å². The number of carboxylic acid groups (broad SMARTS) is 1. The lowest BCUT2D eigenvalue weighted by Crippen LogP contribution is -2.49. The summed E-state index contributed by atoms with van der Waals surface area (Å²) in [7, 11) is 0. The highest BCUT2D eigenvalue weighted by Crippen LogP contribution is 2.30. The maximum absolute atomic E-state index is 12.4. The summed E-state index contributed by atoms with van der Waals surface area (Å²) in [6.07, 6.45) is -4.49. The van der Waals surface area contributed by atoms with Crippen LogP contribution in [-0.2, 0) is 9.59 Å². The summed E-state index contributed by atoms with van der Waals surface area (Å²) in [4.78, 5) is 35.1. The summed E-state index contributed by atoms with van der Waals surface area (Å²) >= 11 is 0. The lowest BCUT2D eigenvalue weighted by atomic mass is 9.89. The second-order valence-corrected chi connectivity index (χ2v) is 5.24. The summed E-state index contributed by atoms with van der Waals surface area (Å²) in [5, 5.41) is 8.61. The predicted molar refractivity (Wildman–Crippen MR) is 64.2 cm³/mol. The number of alkyl halides is 3. The fourth-order valence-electron chi connectivity index (χ4n) is 2.10. The first kappa shape index (κ1) is 17.1. The molecule has 1 aliphatic heterocycles. The van der Waals surface area contributed by atoms with Gasteiger partial charge in [-0.25, -0.2) is 4.79 Å². The number of carboxylic acids is 1. The van der Waals surface area contributed by atoms with Crippen LogP contribution >= 0.6 is 0 Å². The molecule has 0 spiro atoms. The SMILES string of the molecule is CC1(C(N)=O)CCN(C(=O)N(CC(=O)O)CC(F)(F)F)C1. The largest absolute Gasteiger partial charge is 0.480 e. The van der Waals surface area contributed by atoms with Crippen LogP contribution in [0, 0.1) is 5.41 Å². The molecule has 0 aliphatic carbocycles. The minimum absolute atomic E-state index is 0.0479. The number of carbonyl (C=O) groups excluding carboxylic acids is 2. The van der Waals surface area contributed by atoms with Crippen LogP contribution in [-0.4, -0.2) is 65.2 Å². The number of primary amides is 1. The molecule has 0 aromatic heterocycles. The fourth-order valence-corrected chi connectivity index (χ4v) is 2.10. The summed E-state index contributed by atoms with van der Waals surface area (Å²) < 4.78 is 37.2. The molecule has 0 radical (unpaired) electrons. The number of nitrogens with two attached hydrogens (primary N) is 1. The number of rotatable bonds is 4. The fraction of sp³-hybridized carbons (Fsp3) is 0.727. The zero-order valence-electron chi connectivity index (χ0n) is 11.3. The molecule has 0 aromatic carbocycles. The van der Waals surface area contributed by atoms with E-state index in [1.165, 1.54) is 6.92 Å². The number of nitrogens with zero attached hydrogens (tertiary/aromatic N) is 2. The number of urea groups is 1. The molecule has 7 nitrogen and oxygen atoms in total. The van der Waals surface area contributed by atoms with Gasteiger partial charge in [-0.15, -0.1) is 0 Å². The van der Waals surface area contributed by atoms with Crippen LogP contribution < -0.4 is 5.73 Å². The van der Waals surface area contributed by atoms with Gasteiger partial charge in [-0.3, -0.25) is 9.59 Å². The average molecular weight is 311 g/mol. The van der Waals surface area contributed by atoms with E-state index in [0.29, 0.717) is 0 Å². The number of hydrogen-bond donors (Lipinski definition) is 2. The lowest BCUT2D eigenvalue weighted by molar-refractivity contribution is -0.149. The van der Waals surface area contributed by atoms with E-state index < -0.39 is 42.6 Å². The number of aliphatic carboxylic acids is 1. The van der Waals surface area contributed by atoms with Gasteiger partial charge in [-0.2, -0.15) is 13.2 Å². The van der Waals surface area contributed by atoms with E-state index >= 15 is 0 Å². The summed E-state index contributed by atoms with van der Waals surface area (Å²) in [6, 6.07) is -1.07. The molecule has 1 fully saturated rings. The quantitative estimate of drug-likeness (QED) is 0.776. The van der Waals surface area contributed by atoms with E-state index in [2.05, 4.69) is 0 Å². The maximum Gasteiger partial charge on any atom is 0.406 e. The highest BCUT2D eigenvalue weighted by molar-refractivity contribution is 5.84. The monoisotopic (exact) mass is 311 g/mol. The molecule has 120 valence electrons. The molecule has 0 saturated carbocycles. The van der Waals surface area contributed by atoms with Crippen LogP contribution in [0.3, 0.4) is 0 Å². The molecule has 1 saturated heterocycles. The first-order valence-corrected chi connectivity index (χ1v) is 6.07. The van der Waals surface area contributed by atoms with Gasteiger partial charge >= 0.3 is 18.2 Å². The number of likely N-dealkylation sites (tertiary alicyclic amines) is 1. The Bertz CT molecular complexity index is 454.